The SMILES string of the molecule is Cc1cccc(C(=O)NC(C(=O)N[C@H](CC(C)C)C(=O)O)C(C)C)c1. The fraction of sp³-hybridized carbons (Fsp3) is 0.526. The van der Waals surface area contributed by atoms with Crippen LogP contribution >= 0.6 is 0 Å². The molecule has 6 nitrogen and oxygen atoms in total. The maximum absolute atomic E-state index is 12.5. The van der Waals surface area contributed by atoms with E-state index >= 15 is 0 Å². The second-order valence-electron chi connectivity index (χ2n) is 7.09. The molecule has 0 heterocycles. The zero-order valence-electron chi connectivity index (χ0n) is 15.5. The molecule has 2 amide bonds. The van der Waals surface area contributed by atoms with Crippen molar-refractivity contribution >= 4 is 17.8 Å². The molecule has 1 unspecified atom stereocenters. The first-order chi connectivity index (χ1) is 11.6. The summed E-state index contributed by atoms with van der Waals surface area (Å²) in [5, 5.41) is 14.5. The number of carboxylic acids is 1. The quantitative estimate of drug-likeness (QED) is 0.672. The van der Waals surface area contributed by atoms with Gasteiger partial charge in [0.05, 0.1) is 0 Å². The molecule has 6 heteroatoms. The van der Waals surface area contributed by atoms with E-state index in [9.17, 15) is 19.5 Å². The lowest BCUT2D eigenvalue weighted by molar-refractivity contribution is -0.142. The van der Waals surface area contributed by atoms with E-state index < -0.39 is 24.0 Å². The van der Waals surface area contributed by atoms with Gasteiger partial charge in [-0.1, -0.05) is 45.4 Å². The highest BCUT2D eigenvalue weighted by molar-refractivity contribution is 5.98. The molecular weight excluding hydrogens is 320 g/mol. The summed E-state index contributed by atoms with van der Waals surface area (Å²) in [5.41, 5.74) is 1.41. The Morgan fingerprint density at radius 3 is 2.20 bits per heavy atom. The maximum Gasteiger partial charge on any atom is 0.326 e. The average Bonchev–Trinajstić information content (AvgIpc) is 2.50. The van der Waals surface area contributed by atoms with Crippen molar-refractivity contribution in [3.05, 3.63) is 35.4 Å². The van der Waals surface area contributed by atoms with Gasteiger partial charge in [0.25, 0.3) is 5.91 Å². The van der Waals surface area contributed by atoms with Gasteiger partial charge < -0.3 is 15.7 Å². The number of carbonyl (C=O) groups excluding carboxylic acids is 2. The predicted molar refractivity (Wildman–Crippen MR) is 96.3 cm³/mol. The number of hydrogen-bond donors (Lipinski definition) is 3. The number of hydrogen-bond acceptors (Lipinski definition) is 3. The fourth-order valence-corrected chi connectivity index (χ4v) is 2.50. The molecule has 0 radical (unpaired) electrons. The van der Waals surface area contributed by atoms with Gasteiger partial charge in [-0.3, -0.25) is 9.59 Å². The molecule has 1 rings (SSSR count). The molecule has 0 aliphatic carbocycles. The molecule has 0 aromatic heterocycles. The van der Waals surface area contributed by atoms with Crippen molar-refractivity contribution in [2.75, 3.05) is 0 Å². The maximum atomic E-state index is 12.5. The molecule has 1 aromatic rings. The average molecular weight is 348 g/mol. The van der Waals surface area contributed by atoms with Crippen LogP contribution in [0.2, 0.25) is 0 Å². The summed E-state index contributed by atoms with van der Waals surface area (Å²) < 4.78 is 0. The summed E-state index contributed by atoms with van der Waals surface area (Å²) in [6, 6.07) is 5.30. The number of nitrogens with one attached hydrogen (secondary N) is 2. The van der Waals surface area contributed by atoms with Gasteiger partial charge >= 0.3 is 5.97 Å². The van der Waals surface area contributed by atoms with Crippen LogP contribution in [-0.4, -0.2) is 35.0 Å². The van der Waals surface area contributed by atoms with Crippen molar-refractivity contribution in [3.8, 4) is 0 Å². The molecule has 0 aliphatic rings. The molecule has 0 saturated carbocycles. The van der Waals surface area contributed by atoms with E-state index in [1.807, 2.05) is 26.8 Å². The summed E-state index contributed by atoms with van der Waals surface area (Å²) in [6.45, 7) is 9.27. The van der Waals surface area contributed by atoms with Gasteiger partial charge in [-0.15, -0.1) is 0 Å². The minimum Gasteiger partial charge on any atom is -0.480 e. The molecule has 25 heavy (non-hydrogen) atoms. The first-order valence-corrected chi connectivity index (χ1v) is 8.52. The van der Waals surface area contributed by atoms with E-state index in [0.29, 0.717) is 12.0 Å². The number of aliphatic carboxylic acids is 1. The number of amides is 2. The highest BCUT2D eigenvalue weighted by atomic mass is 16.4. The Labute approximate surface area is 149 Å². The van der Waals surface area contributed by atoms with Crippen molar-refractivity contribution in [1.29, 1.82) is 0 Å². The van der Waals surface area contributed by atoms with Gasteiger partial charge in [-0.05, 0) is 37.3 Å². The summed E-state index contributed by atoms with van der Waals surface area (Å²) in [4.78, 5) is 36.3. The highest BCUT2D eigenvalue weighted by Crippen LogP contribution is 2.10. The molecule has 0 fully saturated rings. The lowest BCUT2D eigenvalue weighted by Crippen LogP contribution is -2.53. The Morgan fingerprint density at radius 1 is 1.08 bits per heavy atom. The van der Waals surface area contributed by atoms with Crippen LogP contribution in [0.5, 0.6) is 0 Å². The van der Waals surface area contributed by atoms with Gasteiger partial charge in [0.15, 0.2) is 0 Å². The zero-order chi connectivity index (χ0) is 19.1. The topological polar surface area (TPSA) is 95.5 Å². The summed E-state index contributed by atoms with van der Waals surface area (Å²) in [6.07, 6.45) is 0.331. The molecule has 0 bridgehead atoms. The normalized spacial score (nSPS) is 13.4. The van der Waals surface area contributed by atoms with Gasteiger partial charge in [0, 0.05) is 5.56 Å². The number of rotatable bonds is 8. The number of carbonyl (C=O) groups is 3. The monoisotopic (exact) mass is 348 g/mol. The molecule has 0 aliphatic heterocycles. The summed E-state index contributed by atoms with van der Waals surface area (Å²) >= 11 is 0. The van der Waals surface area contributed by atoms with Crippen molar-refractivity contribution in [1.82, 2.24) is 10.6 Å². The van der Waals surface area contributed by atoms with E-state index in [4.69, 9.17) is 0 Å². The van der Waals surface area contributed by atoms with Gasteiger partial charge in [0.2, 0.25) is 5.91 Å². The molecular formula is C19H28N2O4. The predicted octanol–water partition coefficient (Wildman–Crippen LogP) is 2.36. The third-order valence-electron chi connectivity index (χ3n) is 3.84. The second kappa shape index (κ2) is 9.20. The van der Waals surface area contributed by atoms with Crippen LogP contribution < -0.4 is 10.6 Å². The first kappa shape index (κ1) is 20.7. The van der Waals surface area contributed by atoms with Crippen LogP contribution in [0, 0.1) is 18.8 Å². The molecule has 1 aromatic carbocycles. The fourth-order valence-electron chi connectivity index (χ4n) is 2.50. The van der Waals surface area contributed by atoms with Gasteiger partial charge in [0.1, 0.15) is 12.1 Å². The summed E-state index contributed by atoms with van der Waals surface area (Å²) in [5.74, 6) is -1.96. The van der Waals surface area contributed by atoms with E-state index in [1.54, 1.807) is 32.0 Å². The van der Waals surface area contributed by atoms with Crippen LogP contribution in [0.1, 0.15) is 50.0 Å². The smallest absolute Gasteiger partial charge is 0.326 e. The van der Waals surface area contributed by atoms with Gasteiger partial charge in [-0.2, -0.15) is 0 Å². The van der Waals surface area contributed by atoms with Crippen LogP contribution in [0.15, 0.2) is 24.3 Å². The Kier molecular flexibility index (Phi) is 7.61. The van der Waals surface area contributed by atoms with Crippen molar-refractivity contribution in [3.63, 3.8) is 0 Å². The highest BCUT2D eigenvalue weighted by Gasteiger charge is 2.29. The van der Waals surface area contributed by atoms with Crippen LogP contribution in [0.4, 0.5) is 0 Å². The Morgan fingerprint density at radius 2 is 1.72 bits per heavy atom. The van der Waals surface area contributed by atoms with E-state index in [1.165, 1.54) is 0 Å². The van der Waals surface area contributed by atoms with Crippen molar-refractivity contribution < 1.29 is 19.5 Å². The van der Waals surface area contributed by atoms with Crippen LogP contribution in [0.25, 0.3) is 0 Å². The lowest BCUT2D eigenvalue weighted by atomic mass is 10.00. The number of benzene rings is 1. The number of aryl methyl sites for hydroxylation is 1. The first-order valence-electron chi connectivity index (χ1n) is 8.52. The van der Waals surface area contributed by atoms with E-state index in [0.717, 1.165) is 5.56 Å². The molecule has 138 valence electrons. The Balaban J connectivity index is 2.86. The molecule has 0 spiro atoms. The molecule has 2 atom stereocenters. The van der Waals surface area contributed by atoms with Crippen molar-refractivity contribution in [2.45, 2.75) is 53.1 Å². The minimum atomic E-state index is -1.07. The zero-order valence-corrected chi connectivity index (χ0v) is 15.5. The third-order valence-corrected chi connectivity index (χ3v) is 3.84. The van der Waals surface area contributed by atoms with E-state index in [-0.39, 0.29) is 17.7 Å². The Hall–Kier alpha value is -2.37. The minimum absolute atomic E-state index is 0.126. The standard InChI is InChI=1S/C19H28N2O4/c1-11(2)9-15(19(24)25)20-18(23)16(12(3)4)21-17(22)14-8-6-7-13(5)10-14/h6-8,10-12,15-16H,9H2,1-5H3,(H,20,23)(H,21,22)(H,24,25)/t15-,16?/m1/s1. The number of carboxylic acid groups (broad SMARTS) is 1. The molecule has 3 N–H and O–H groups in total. The molecule has 0 saturated heterocycles. The van der Waals surface area contributed by atoms with Gasteiger partial charge in [-0.25, -0.2) is 4.79 Å². The van der Waals surface area contributed by atoms with Crippen molar-refractivity contribution in [2.24, 2.45) is 11.8 Å². The van der Waals surface area contributed by atoms with Crippen LogP contribution in [0.3, 0.4) is 0 Å². The largest absolute Gasteiger partial charge is 0.480 e. The van der Waals surface area contributed by atoms with Crippen LogP contribution in [-0.2, 0) is 9.59 Å². The summed E-state index contributed by atoms with van der Waals surface area (Å²) in [7, 11) is 0. The third kappa shape index (κ3) is 6.57. The Bertz CT molecular complexity index is 626. The van der Waals surface area contributed by atoms with E-state index in [2.05, 4.69) is 10.6 Å². The lowest BCUT2D eigenvalue weighted by Gasteiger charge is -2.24. The second-order valence-corrected chi connectivity index (χ2v) is 7.09.